The zero-order valence-electron chi connectivity index (χ0n) is 20.4. The van der Waals surface area contributed by atoms with E-state index in [2.05, 4.69) is 49.0 Å². The lowest BCUT2D eigenvalue weighted by Crippen LogP contribution is -2.49. The summed E-state index contributed by atoms with van der Waals surface area (Å²) >= 11 is 4.55. The minimum Gasteiger partial charge on any atom is -0.460 e. The zero-order valence-corrected chi connectivity index (χ0v) is 21.2. The quantitative estimate of drug-likeness (QED) is 0.146. The maximum atomic E-state index is 12.4. The van der Waals surface area contributed by atoms with E-state index in [-0.39, 0.29) is 25.1 Å². The summed E-state index contributed by atoms with van der Waals surface area (Å²) in [5.41, 5.74) is -0.263. The Labute approximate surface area is 193 Å². The van der Waals surface area contributed by atoms with Crippen LogP contribution >= 0.6 is 12.6 Å². The van der Waals surface area contributed by atoms with Gasteiger partial charge in [-0.2, -0.15) is 12.6 Å². The Kier molecular flexibility index (Phi) is 17.1. The van der Waals surface area contributed by atoms with E-state index in [9.17, 15) is 14.4 Å². The molecule has 182 valence electrons. The van der Waals surface area contributed by atoms with E-state index in [4.69, 9.17) is 9.47 Å². The fourth-order valence-electron chi connectivity index (χ4n) is 2.14. The first-order valence-electron chi connectivity index (χ1n) is 10.8. The highest BCUT2D eigenvalue weighted by Crippen LogP contribution is 2.39. The van der Waals surface area contributed by atoms with Crippen LogP contribution in [-0.2, 0) is 19.1 Å². The number of thiol groups is 1. The van der Waals surface area contributed by atoms with Crippen LogP contribution in [0.5, 0.6) is 0 Å². The maximum absolute atomic E-state index is 12.4. The highest BCUT2D eigenvalue weighted by atomic mass is 32.1. The molecule has 1 unspecified atom stereocenters. The highest BCUT2D eigenvalue weighted by molar-refractivity contribution is 7.81. The summed E-state index contributed by atoms with van der Waals surface area (Å²) in [5.74, 6) is -0.539. The summed E-state index contributed by atoms with van der Waals surface area (Å²) in [6.07, 6.45) is 1.93. The lowest BCUT2D eigenvalue weighted by molar-refractivity contribution is -0.138. The molecule has 0 aliphatic heterocycles. The molecular weight excluding hydrogens is 418 g/mol. The van der Waals surface area contributed by atoms with Crippen molar-refractivity contribution in [2.24, 2.45) is 5.41 Å². The third-order valence-electron chi connectivity index (χ3n) is 4.59. The number of esters is 1. The first kappa shape index (κ1) is 31.4. The van der Waals surface area contributed by atoms with Crippen molar-refractivity contribution in [1.29, 1.82) is 0 Å². The Morgan fingerprint density at radius 1 is 0.903 bits per heavy atom. The van der Waals surface area contributed by atoms with E-state index >= 15 is 0 Å². The lowest BCUT2D eigenvalue weighted by Gasteiger charge is -2.38. The molecule has 1 atom stereocenters. The van der Waals surface area contributed by atoms with Crippen molar-refractivity contribution in [3.8, 4) is 0 Å². The van der Waals surface area contributed by atoms with E-state index < -0.39 is 16.1 Å². The van der Waals surface area contributed by atoms with Gasteiger partial charge in [0.1, 0.15) is 6.61 Å². The van der Waals surface area contributed by atoms with Crippen LogP contribution in [0.3, 0.4) is 0 Å². The van der Waals surface area contributed by atoms with Crippen molar-refractivity contribution >= 4 is 30.5 Å². The summed E-state index contributed by atoms with van der Waals surface area (Å²) in [7, 11) is 0. The normalized spacial score (nSPS) is 12.5. The average molecular weight is 462 g/mol. The number of amides is 3. The van der Waals surface area contributed by atoms with Crippen LogP contribution in [0, 0.1) is 5.41 Å². The predicted octanol–water partition coefficient (Wildman–Crippen LogP) is 3.08. The summed E-state index contributed by atoms with van der Waals surface area (Å²) in [4.78, 5) is 35.1. The molecule has 3 amide bonds. The Bertz CT molecular complexity index is 564. The largest absolute Gasteiger partial charge is 0.460 e. The van der Waals surface area contributed by atoms with Gasteiger partial charge in [-0.25, -0.2) is 9.59 Å². The number of hydrogen-bond donors (Lipinski definition) is 4. The number of carbonyl (C=O) groups excluding carboxylic acids is 3. The van der Waals surface area contributed by atoms with Crippen molar-refractivity contribution in [3.05, 3.63) is 12.2 Å². The van der Waals surface area contributed by atoms with Crippen molar-refractivity contribution < 1.29 is 23.9 Å². The highest BCUT2D eigenvalue weighted by Gasteiger charge is 2.43. The summed E-state index contributed by atoms with van der Waals surface area (Å²) in [5, 5.41) is 8.04. The van der Waals surface area contributed by atoms with Crippen molar-refractivity contribution in [2.45, 2.75) is 66.1 Å². The molecule has 0 bridgehead atoms. The molecule has 0 aromatic rings. The van der Waals surface area contributed by atoms with Crippen LogP contribution in [0.4, 0.5) is 4.79 Å². The topological polar surface area (TPSA) is 106 Å². The molecule has 0 heterocycles. The van der Waals surface area contributed by atoms with E-state index in [1.54, 1.807) is 6.92 Å². The van der Waals surface area contributed by atoms with Gasteiger partial charge in [-0.1, -0.05) is 33.8 Å². The minimum absolute atomic E-state index is 0.0524. The first-order chi connectivity index (χ1) is 14.4. The van der Waals surface area contributed by atoms with E-state index in [1.165, 1.54) is 6.42 Å². The van der Waals surface area contributed by atoms with Gasteiger partial charge in [0, 0.05) is 23.4 Å². The Hall–Kier alpha value is -1.74. The van der Waals surface area contributed by atoms with Crippen LogP contribution < -0.4 is 16.0 Å². The summed E-state index contributed by atoms with van der Waals surface area (Å²) in [6, 6.07) is -0.377. The van der Waals surface area contributed by atoms with Gasteiger partial charge in [0.15, 0.2) is 0 Å². The third-order valence-corrected chi connectivity index (χ3v) is 5.09. The first-order valence-corrected chi connectivity index (χ1v) is 11.2. The van der Waals surface area contributed by atoms with Crippen molar-refractivity contribution in [2.75, 3.05) is 39.5 Å². The van der Waals surface area contributed by atoms with Crippen molar-refractivity contribution in [3.63, 3.8) is 0 Å². The molecule has 8 nitrogen and oxygen atoms in total. The van der Waals surface area contributed by atoms with Crippen LogP contribution in [-0.4, -0.2) is 62.1 Å². The number of ether oxygens (including phenoxy) is 2. The standard InChI is InChI=1S/C19H35N3O5S.C3H8/c1-7-19(6,18(4,5)28)16(24)20-8-11-26-12-9-21-17(25)22-10-13-27-15(23)14(2)3;1-3-2/h28H,2,7-13H2,1,3-6H3,(H,20,24)(H2,21,22,25);3H2,1-2H3. The molecule has 0 fully saturated rings. The van der Waals surface area contributed by atoms with Gasteiger partial charge in [0.2, 0.25) is 5.91 Å². The fourth-order valence-corrected chi connectivity index (χ4v) is 2.40. The Balaban J connectivity index is 0. The molecule has 9 heteroatoms. The molecule has 0 rings (SSSR count). The van der Waals surface area contributed by atoms with Gasteiger partial charge in [0.05, 0.1) is 25.2 Å². The number of hydrogen-bond acceptors (Lipinski definition) is 6. The smallest absolute Gasteiger partial charge is 0.333 e. The zero-order chi connectivity index (χ0) is 24.5. The molecule has 0 radical (unpaired) electrons. The molecule has 0 aromatic heterocycles. The number of nitrogens with one attached hydrogen (secondary N) is 3. The third kappa shape index (κ3) is 14.0. The number of rotatable bonds is 13. The molecule has 0 aliphatic rings. The number of urea groups is 1. The van der Waals surface area contributed by atoms with Crippen LogP contribution in [0.2, 0.25) is 0 Å². The monoisotopic (exact) mass is 461 g/mol. The Morgan fingerprint density at radius 3 is 1.77 bits per heavy atom. The molecule has 3 N–H and O–H groups in total. The lowest BCUT2D eigenvalue weighted by atomic mass is 9.75. The van der Waals surface area contributed by atoms with Gasteiger partial charge < -0.3 is 25.4 Å². The SMILES string of the molecule is C=C(C)C(=O)OCCNC(=O)NCCOCCNC(=O)C(C)(CC)C(C)(C)S.CCC. The van der Waals surface area contributed by atoms with Crippen LogP contribution in [0.1, 0.15) is 61.3 Å². The van der Waals surface area contributed by atoms with Gasteiger partial charge in [-0.15, -0.1) is 0 Å². The van der Waals surface area contributed by atoms with Crippen LogP contribution in [0.15, 0.2) is 12.2 Å². The van der Waals surface area contributed by atoms with Crippen LogP contribution in [0.25, 0.3) is 0 Å². The Morgan fingerprint density at radius 2 is 1.35 bits per heavy atom. The van der Waals surface area contributed by atoms with Gasteiger partial charge in [-0.3, -0.25) is 4.79 Å². The molecule has 0 spiro atoms. The summed E-state index contributed by atoms with van der Waals surface area (Å²) in [6.45, 7) is 18.6. The second kappa shape index (κ2) is 16.9. The molecule has 31 heavy (non-hydrogen) atoms. The molecule has 0 aromatic carbocycles. The molecular formula is C22H43N3O5S. The molecule has 0 saturated heterocycles. The minimum atomic E-state index is -0.575. The molecule has 0 aliphatic carbocycles. The van der Waals surface area contributed by atoms with Crippen molar-refractivity contribution in [1.82, 2.24) is 16.0 Å². The second-order valence-corrected chi connectivity index (χ2v) is 9.04. The number of carbonyl (C=O) groups is 3. The van der Waals surface area contributed by atoms with Gasteiger partial charge in [-0.05, 0) is 34.1 Å². The predicted molar refractivity (Wildman–Crippen MR) is 128 cm³/mol. The van der Waals surface area contributed by atoms with Gasteiger partial charge in [0.25, 0.3) is 0 Å². The van der Waals surface area contributed by atoms with Gasteiger partial charge >= 0.3 is 12.0 Å². The van der Waals surface area contributed by atoms with E-state index in [1.807, 2.05) is 27.7 Å². The average Bonchev–Trinajstić information content (AvgIpc) is 2.68. The van der Waals surface area contributed by atoms with E-state index in [0.29, 0.717) is 38.3 Å². The second-order valence-electron chi connectivity index (χ2n) is 7.92. The fraction of sp³-hybridized carbons (Fsp3) is 0.773. The summed E-state index contributed by atoms with van der Waals surface area (Å²) < 4.78 is 9.81. The molecule has 0 saturated carbocycles. The van der Waals surface area contributed by atoms with E-state index in [0.717, 1.165) is 0 Å². The maximum Gasteiger partial charge on any atom is 0.333 e.